The van der Waals surface area contributed by atoms with E-state index in [1.165, 1.54) is 31.4 Å². The van der Waals surface area contributed by atoms with E-state index in [1.54, 1.807) is 30.3 Å². The fraction of sp³-hybridized carbons (Fsp3) is 0.136. The van der Waals surface area contributed by atoms with Gasteiger partial charge in [0.15, 0.2) is 0 Å². The Balaban J connectivity index is 2.30. The smallest absolute Gasteiger partial charge is 0.418 e. The Bertz CT molecular complexity index is 1210. The number of sulfonamides is 1. The molecule has 32 heavy (non-hydrogen) atoms. The minimum Gasteiger partial charge on any atom is -0.497 e. The lowest BCUT2D eigenvalue weighted by Gasteiger charge is -2.29. The molecule has 0 aliphatic rings. The number of methoxy groups -OCH3 is 1. The molecule has 0 atom stereocenters. The Morgan fingerprint density at radius 3 is 2.12 bits per heavy atom. The van der Waals surface area contributed by atoms with Crippen LogP contribution >= 0.6 is 0 Å². The number of benzene rings is 3. The number of primary amides is 1. The van der Waals surface area contributed by atoms with Crippen LogP contribution in [0.25, 0.3) is 0 Å². The molecule has 1 amide bonds. The van der Waals surface area contributed by atoms with E-state index < -0.39 is 45.5 Å². The van der Waals surface area contributed by atoms with Crippen LogP contribution in [-0.4, -0.2) is 21.4 Å². The van der Waals surface area contributed by atoms with Crippen molar-refractivity contribution < 1.29 is 31.1 Å². The van der Waals surface area contributed by atoms with E-state index in [-0.39, 0.29) is 4.90 Å². The molecular formula is C22H19F3N2O4S. The van der Waals surface area contributed by atoms with Crippen LogP contribution in [0.15, 0.2) is 77.7 Å². The molecule has 0 saturated heterocycles. The van der Waals surface area contributed by atoms with Crippen molar-refractivity contribution in [2.24, 2.45) is 5.73 Å². The van der Waals surface area contributed by atoms with Crippen molar-refractivity contribution in [2.75, 3.05) is 11.4 Å². The van der Waals surface area contributed by atoms with E-state index in [0.717, 1.165) is 12.1 Å². The van der Waals surface area contributed by atoms with Crippen LogP contribution in [0.5, 0.6) is 5.75 Å². The van der Waals surface area contributed by atoms with Crippen molar-refractivity contribution in [3.63, 3.8) is 0 Å². The molecule has 6 nitrogen and oxygen atoms in total. The van der Waals surface area contributed by atoms with Crippen LogP contribution in [0.4, 0.5) is 18.9 Å². The lowest BCUT2D eigenvalue weighted by molar-refractivity contribution is -0.137. The van der Waals surface area contributed by atoms with Gasteiger partial charge >= 0.3 is 6.18 Å². The number of halogens is 3. The highest BCUT2D eigenvalue weighted by Crippen LogP contribution is 2.41. The standard InChI is InChI=1S/C22H19F3N2O4S/c1-31-16-10-12-17(13-11-16)32(29,30)27(14-15-6-3-2-4-7-15)20-18(21(26)28)8-5-9-19(20)22(23,24)25/h2-13H,14H2,1H3,(H2,26,28). The summed E-state index contributed by atoms with van der Waals surface area (Å²) in [6.45, 7) is -0.456. The van der Waals surface area contributed by atoms with Crippen molar-refractivity contribution in [3.8, 4) is 5.75 Å². The van der Waals surface area contributed by atoms with Crippen molar-refractivity contribution in [3.05, 3.63) is 89.5 Å². The van der Waals surface area contributed by atoms with Crippen LogP contribution in [0, 0.1) is 0 Å². The molecule has 3 aromatic carbocycles. The number of anilines is 1. The molecule has 0 heterocycles. The molecule has 0 saturated carbocycles. The fourth-order valence-electron chi connectivity index (χ4n) is 3.15. The van der Waals surface area contributed by atoms with Gasteiger partial charge in [0, 0.05) is 0 Å². The molecule has 0 aliphatic heterocycles. The first-order chi connectivity index (χ1) is 15.1. The number of rotatable bonds is 7. The van der Waals surface area contributed by atoms with Gasteiger partial charge < -0.3 is 10.5 Å². The first-order valence-corrected chi connectivity index (χ1v) is 10.7. The fourth-order valence-corrected chi connectivity index (χ4v) is 4.64. The highest BCUT2D eigenvalue weighted by molar-refractivity contribution is 7.92. The molecule has 10 heteroatoms. The number of alkyl halides is 3. The van der Waals surface area contributed by atoms with Crippen LogP contribution in [0.2, 0.25) is 0 Å². The van der Waals surface area contributed by atoms with Gasteiger partial charge in [0.2, 0.25) is 0 Å². The molecule has 0 fully saturated rings. The normalized spacial score (nSPS) is 11.8. The van der Waals surface area contributed by atoms with Crippen LogP contribution in [0.3, 0.4) is 0 Å². The average molecular weight is 464 g/mol. The zero-order valence-corrected chi connectivity index (χ0v) is 17.7. The summed E-state index contributed by atoms with van der Waals surface area (Å²) in [5.41, 5.74) is 3.07. The quantitative estimate of drug-likeness (QED) is 0.567. The number of ether oxygens (including phenoxy) is 1. The molecule has 0 unspecified atom stereocenters. The van der Waals surface area contributed by atoms with Gasteiger partial charge in [-0.05, 0) is 42.0 Å². The van der Waals surface area contributed by atoms with Crippen molar-refractivity contribution >= 4 is 21.6 Å². The monoisotopic (exact) mass is 464 g/mol. The molecule has 0 radical (unpaired) electrons. The van der Waals surface area contributed by atoms with E-state index in [2.05, 4.69) is 0 Å². The van der Waals surface area contributed by atoms with Crippen molar-refractivity contribution in [2.45, 2.75) is 17.6 Å². The van der Waals surface area contributed by atoms with Gasteiger partial charge in [-0.2, -0.15) is 13.2 Å². The molecule has 2 N–H and O–H groups in total. The molecule has 3 rings (SSSR count). The highest BCUT2D eigenvalue weighted by atomic mass is 32.2. The third-order valence-electron chi connectivity index (χ3n) is 4.67. The maximum absolute atomic E-state index is 13.9. The SMILES string of the molecule is COc1ccc(S(=O)(=O)N(Cc2ccccc2)c2c(C(N)=O)cccc2C(F)(F)F)cc1. The summed E-state index contributed by atoms with van der Waals surface area (Å²) in [6.07, 6.45) is -4.94. The zero-order chi connectivity index (χ0) is 23.5. The summed E-state index contributed by atoms with van der Waals surface area (Å²) in [7, 11) is -3.15. The van der Waals surface area contributed by atoms with Gasteiger partial charge in [-0.15, -0.1) is 0 Å². The van der Waals surface area contributed by atoms with E-state index in [4.69, 9.17) is 10.5 Å². The molecular weight excluding hydrogens is 445 g/mol. The van der Waals surface area contributed by atoms with E-state index in [1.807, 2.05) is 0 Å². The second-order valence-corrected chi connectivity index (χ2v) is 8.60. The molecule has 0 spiro atoms. The topological polar surface area (TPSA) is 89.7 Å². The van der Waals surface area contributed by atoms with E-state index in [9.17, 15) is 26.4 Å². The maximum Gasteiger partial charge on any atom is 0.418 e. The Morgan fingerprint density at radius 1 is 0.969 bits per heavy atom. The second-order valence-electron chi connectivity index (χ2n) is 6.74. The number of hydrogen-bond acceptors (Lipinski definition) is 4. The Kier molecular flexibility index (Phi) is 6.45. The molecule has 3 aromatic rings. The second kappa shape index (κ2) is 8.91. The average Bonchev–Trinajstić information content (AvgIpc) is 2.77. The number of nitrogens with two attached hydrogens (primary N) is 1. The summed E-state index contributed by atoms with van der Waals surface area (Å²) >= 11 is 0. The first-order valence-electron chi connectivity index (χ1n) is 9.26. The number of carbonyl (C=O) groups excluding carboxylic acids is 1. The number of para-hydroxylation sites is 1. The summed E-state index contributed by atoms with van der Waals surface area (Å²) < 4.78 is 74.4. The minimum atomic E-state index is -4.94. The zero-order valence-electron chi connectivity index (χ0n) is 16.8. The number of carbonyl (C=O) groups is 1. The summed E-state index contributed by atoms with van der Waals surface area (Å²) in [5.74, 6) is -0.818. The lowest BCUT2D eigenvalue weighted by Crippen LogP contribution is -2.34. The lowest BCUT2D eigenvalue weighted by atomic mass is 10.1. The van der Waals surface area contributed by atoms with Gasteiger partial charge in [0.1, 0.15) is 5.75 Å². The van der Waals surface area contributed by atoms with Crippen molar-refractivity contribution in [1.29, 1.82) is 0 Å². The summed E-state index contributed by atoms with van der Waals surface area (Å²) in [4.78, 5) is 11.7. The molecule has 0 bridgehead atoms. The van der Waals surface area contributed by atoms with Crippen molar-refractivity contribution in [1.82, 2.24) is 0 Å². The Morgan fingerprint density at radius 2 is 1.59 bits per heavy atom. The molecule has 0 aliphatic carbocycles. The third-order valence-corrected chi connectivity index (χ3v) is 6.43. The Hall–Kier alpha value is -3.53. The first kappa shape index (κ1) is 23.1. The van der Waals surface area contributed by atoms with Crippen LogP contribution in [0.1, 0.15) is 21.5 Å². The predicted molar refractivity (Wildman–Crippen MR) is 113 cm³/mol. The largest absolute Gasteiger partial charge is 0.497 e. The minimum absolute atomic E-state index is 0.276. The maximum atomic E-state index is 13.9. The number of amides is 1. The van der Waals surface area contributed by atoms with Gasteiger partial charge in [-0.1, -0.05) is 36.4 Å². The number of nitrogens with zero attached hydrogens (tertiary/aromatic N) is 1. The van der Waals surface area contributed by atoms with Crippen LogP contribution in [-0.2, 0) is 22.7 Å². The molecule has 0 aromatic heterocycles. The van der Waals surface area contributed by atoms with Gasteiger partial charge in [-0.25, -0.2) is 8.42 Å². The Labute approximate surface area is 183 Å². The summed E-state index contributed by atoms with van der Waals surface area (Å²) in [6, 6.07) is 16.0. The van der Waals surface area contributed by atoms with E-state index in [0.29, 0.717) is 21.7 Å². The van der Waals surface area contributed by atoms with Crippen LogP contribution < -0.4 is 14.8 Å². The van der Waals surface area contributed by atoms with Gasteiger partial charge in [0.05, 0.1) is 35.4 Å². The van der Waals surface area contributed by atoms with E-state index >= 15 is 0 Å². The third kappa shape index (κ3) is 4.70. The highest BCUT2D eigenvalue weighted by Gasteiger charge is 2.40. The summed E-state index contributed by atoms with van der Waals surface area (Å²) in [5, 5.41) is 0. The van der Waals surface area contributed by atoms with Gasteiger partial charge in [-0.3, -0.25) is 9.10 Å². The predicted octanol–water partition coefficient (Wildman–Crippen LogP) is 4.21. The number of hydrogen-bond donors (Lipinski definition) is 1. The van der Waals surface area contributed by atoms with Gasteiger partial charge in [0.25, 0.3) is 15.9 Å². The molecule has 168 valence electrons.